The third-order valence-corrected chi connectivity index (χ3v) is 5.30. The summed E-state index contributed by atoms with van der Waals surface area (Å²) in [6, 6.07) is 5.39. The number of hydrogen-bond donors (Lipinski definition) is 1. The molecule has 0 bridgehead atoms. The minimum Gasteiger partial charge on any atom is -0.332 e. The Morgan fingerprint density at radius 3 is 2.78 bits per heavy atom. The molecule has 1 fully saturated rings. The van der Waals surface area contributed by atoms with Crippen molar-refractivity contribution in [2.24, 2.45) is 0 Å². The summed E-state index contributed by atoms with van der Waals surface area (Å²) in [5.41, 5.74) is 0.697. The summed E-state index contributed by atoms with van der Waals surface area (Å²) in [4.78, 5) is 18.8. The Balaban J connectivity index is 2.11. The van der Waals surface area contributed by atoms with Gasteiger partial charge < -0.3 is 10.2 Å². The number of nitrogens with one attached hydrogen (secondary N) is 1. The fourth-order valence-corrected chi connectivity index (χ4v) is 3.68. The molecular formula is C15H20N4O3S. The standard InChI is InChI=1S/C15H20N4O3S/c1-10-11(2)18(9-7-16-10)14(20)13-12-6-4-5-8-19(12)15(17-13)23(3,21)22/h4-6,8,10-11,16H,7,9H2,1-3H3. The van der Waals surface area contributed by atoms with E-state index in [0.29, 0.717) is 18.6 Å². The summed E-state index contributed by atoms with van der Waals surface area (Å²) in [5, 5.41) is 3.21. The van der Waals surface area contributed by atoms with E-state index in [1.807, 2.05) is 13.8 Å². The average Bonchev–Trinajstić information content (AvgIpc) is 2.89. The van der Waals surface area contributed by atoms with Gasteiger partial charge in [0.15, 0.2) is 5.69 Å². The van der Waals surface area contributed by atoms with Gasteiger partial charge in [0, 0.05) is 37.6 Å². The van der Waals surface area contributed by atoms with Gasteiger partial charge in [-0.2, -0.15) is 0 Å². The molecule has 124 valence electrons. The van der Waals surface area contributed by atoms with E-state index in [-0.39, 0.29) is 28.8 Å². The predicted octanol–water partition coefficient (Wildman–Crippen LogP) is 0.560. The zero-order chi connectivity index (χ0) is 16.8. The first-order valence-electron chi connectivity index (χ1n) is 7.52. The molecule has 1 aliphatic heterocycles. The van der Waals surface area contributed by atoms with E-state index < -0.39 is 9.84 Å². The van der Waals surface area contributed by atoms with Crippen LogP contribution in [0.4, 0.5) is 0 Å². The third kappa shape index (κ3) is 2.72. The van der Waals surface area contributed by atoms with Gasteiger partial charge in [-0.15, -0.1) is 0 Å². The van der Waals surface area contributed by atoms with Crippen molar-refractivity contribution in [1.82, 2.24) is 19.6 Å². The summed E-state index contributed by atoms with van der Waals surface area (Å²) in [5.74, 6) is -0.232. The van der Waals surface area contributed by atoms with Crippen LogP contribution in [0.2, 0.25) is 0 Å². The van der Waals surface area contributed by atoms with Gasteiger partial charge in [0.2, 0.25) is 15.0 Å². The van der Waals surface area contributed by atoms with Gasteiger partial charge in [0.25, 0.3) is 5.91 Å². The minimum absolute atomic E-state index is 0.0124. The molecule has 0 aromatic carbocycles. The topological polar surface area (TPSA) is 83.8 Å². The Bertz CT molecular complexity index is 859. The molecule has 2 unspecified atom stereocenters. The summed E-state index contributed by atoms with van der Waals surface area (Å²) < 4.78 is 25.4. The van der Waals surface area contributed by atoms with E-state index >= 15 is 0 Å². The number of fused-ring (bicyclic) bond motifs is 1. The van der Waals surface area contributed by atoms with Crippen LogP contribution >= 0.6 is 0 Å². The van der Waals surface area contributed by atoms with Gasteiger partial charge in [0.1, 0.15) is 0 Å². The molecule has 0 saturated carbocycles. The van der Waals surface area contributed by atoms with Crippen LogP contribution in [-0.4, -0.2) is 60.0 Å². The van der Waals surface area contributed by atoms with Crippen LogP contribution in [0.3, 0.4) is 0 Å². The molecule has 7 nitrogen and oxygen atoms in total. The zero-order valence-corrected chi connectivity index (χ0v) is 14.2. The summed E-state index contributed by atoms with van der Waals surface area (Å²) in [6.45, 7) is 5.29. The third-order valence-electron chi connectivity index (χ3n) is 4.35. The van der Waals surface area contributed by atoms with Crippen molar-refractivity contribution in [2.75, 3.05) is 19.3 Å². The van der Waals surface area contributed by atoms with E-state index in [0.717, 1.165) is 6.26 Å². The Morgan fingerprint density at radius 2 is 2.09 bits per heavy atom. The van der Waals surface area contributed by atoms with Crippen LogP contribution in [0.5, 0.6) is 0 Å². The maximum Gasteiger partial charge on any atom is 0.275 e. The lowest BCUT2D eigenvalue weighted by atomic mass is 10.1. The maximum atomic E-state index is 12.9. The summed E-state index contributed by atoms with van der Waals surface area (Å²) >= 11 is 0. The Labute approximate surface area is 135 Å². The molecule has 1 aliphatic rings. The van der Waals surface area contributed by atoms with Gasteiger partial charge in [-0.1, -0.05) is 6.07 Å². The normalized spacial score (nSPS) is 22.5. The maximum absolute atomic E-state index is 12.9. The van der Waals surface area contributed by atoms with Crippen LogP contribution in [0.15, 0.2) is 29.6 Å². The molecule has 2 aromatic rings. The SMILES string of the molecule is CC1NCCN(C(=O)c2nc(S(C)(=O)=O)n3ccccc23)C1C. The van der Waals surface area contributed by atoms with Gasteiger partial charge in [-0.25, -0.2) is 13.4 Å². The van der Waals surface area contributed by atoms with E-state index in [1.165, 1.54) is 4.40 Å². The lowest BCUT2D eigenvalue weighted by Gasteiger charge is -2.38. The molecule has 3 rings (SSSR count). The minimum atomic E-state index is -3.53. The van der Waals surface area contributed by atoms with Crippen LogP contribution in [0.25, 0.3) is 5.52 Å². The highest BCUT2D eigenvalue weighted by Crippen LogP contribution is 2.20. The lowest BCUT2D eigenvalue weighted by Crippen LogP contribution is -2.57. The van der Waals surface area contributed by atoms with Crippen molar-refractivity contribution < 1.29 is 13.2 Å². The van der Waals surface area contributed by atoms with E-state index in [1.54, 1.807) is 29.3 Å². The Morgan fingerprint density at radius 1 is 1.35 bits per heavy atom. The molecule has 0 aliphatic carbocycles. The van der Waals surface area contributed by atoms with Crippen molar-refractivity contribution in [1.29, 1.82) is 0 Å². The molecule has 0 radical (unpaired) electrons. The van der Waals surface area contributed by atoms with Gasteiger partial charge in [-0.3, -0.25) is 9.20 Å². The smallest absolute Gasteiger partial charge is 0.275 e. The van der Waals surface area contributed by atoms with Crippen molar-refractivity contribution in [2.45, 2.75) is 31.1 Å². The average molecular weight is 336 g/mol. The second-order valence-electron chi connectivity index (χ2n) is 5.95. The molecule has 1 N–H and O–H groups in total. The fourth-order valence-electron chi connectivity index (χ4n) is 2.91. The zero-order valence-electron chi connectivity index (χ0n) is 13.4. The van der Waals surface area contributed by atoms with E-state index in [2.05, 4.69) is 10.3 Å². The molecule has 3 heterocycles. The van der Waals surface area contributed by atoms with Crippen LogP contribution in [0, 0.1) is 0 Å². The number of amides is 1. The number of pyridine rings is 1. The molecule has 1 saturated heterocycles. The quantitative estimate of drug-likeness (QED) is 0.866. The number of aromatic nitrogens is 2. The molecule has 8 heteroatoms. The monoisotopic (exact) mass is 336 g/mol. The Hall–Kier alpha value is -1.93. The molecule has 0 spiro atoms. The second kappa shape index (κ2) is 5.61. The molecular weight excluding hydrogens is 316 g/mol. The highest BCUT2D eigenvalue weighted by Gasteiger charge is 2.32. The van der Waals surface area contributed by atoms with Crippen molar-refractivity contribution in [3.05, 3.63) is 30.1 Å². The fraction of sp³-hybridized carbons (Fsp3) is 0.467. The predicted molar refractivity (Wildman–Crippen MR) is 86.3 cm³/mol. The number of piperazine rings is 1. The number of carbonyl (C=O) groups is 1. The van der Waals surface area contributed by atoms with E-state index in [9.17, 15) is 13.2 Å². The van der Waals surface area contributed by atoms with Crippen molar-refractivity contribution in [3.63, 3.8) is 0 Å². The second-order valence-corrected chi connectivity index (χ2v) is 7.86. The number of carbonyl (C=O) groups excluding carboxylic acids is 1. The van der Waals surface area contributed by atoms with Gasteiger partial charge in [-0.05, 0) is 26.0 Å². The molecule has 2 aromatic heterocycles. The van der Waals surface area contributed by atoms with Crippen molar-refractivity contribution >= 4 is 21.3 Å². The van der Waals surface area contributed by atoms with Crippen LogP contribution < -0.4 is 5.32 Å². The summed E-state index contributed by atoms with van der Waals surface area (Å²) in [6.07, 6.45) is 2.71. The summed E-state index contributed by atoms with van der Waals surface area (Å²) in [7, 11) is -3.53. The van der Waals surface area contributed by atoms with Gasteiger partial charge in [0.05, 0.1) is 5.52 Å². The number of imidazole rings is 1. The highest BCUT2D eigenvalue weighted by atomic mass is 32.2. The van der Waals surface area contributed by atoms with Crippen LogP contribution in [0.1, 0.15) is 24.3 Å². The number of rotatable bonds is 2. The van der Waals surface area contributed by atoms with Crippen LogP contribution in [-0.2, 0) is 9.84 Å². The first-order valence-corrected chi connectivity index (χ1v) is 9.41. The Kier molecular flexibility index (Phi) is 3.89. The lowest BCUT2D eigenvalue weighted by molar-refractivity contribution is 0.0599. The van der Waals surface area contributed by atoms with Gasteiger partial charge >= 0.3 is 0 Å². The number of sulfone groups is 1. The largest absolute Gasteiger partial charge is 0.332 e. The first-order chi connectivity index (χ1) is 10.8. The number of hydrogen-bond acceptors (Lipinski definition) is 5. The first kappa shape index (κ1) is 15.9. The molecule has 23 heavy (non-hydrogen) atoms. The molecule has 2 atom stereocenters. The highest BCUT2D eigenvalue weighted by molar-refractivity contribution is 7.90. The molecule has 1 amide bonds. The van der Waals surface area contributed by atoms with Crippen molar-refractivity contribution in [3.8, 4) is 0 Å². The van der Waals surface area contributed by atoms with E-state index in [4.69, 9.17) is 0 Å². The number of nitrogens with zero attached hydrogens (tertiary/aromatic N) is 3.